The van der Waals surface area contributed by atoms with E-state index in [1.165, 1.54) is 31.4 Å². The van der Waals surface area contributed by atoms with E-state index in [1.54, 1.807) is 6.07 Å². The number of aliphatic hydroxyl groups is 1. The van der Waals surface area contributed by atoms with Crippen LogP contribution in [0, 0.1) is 11.7 Å². The van der Waals surface area contributed by atoms with Gasteiger partial charge in [0.25, 0.3) is 0 Å². The van der Waals surface area contributed by atoms with Gasteiger partial charge in [0.2, 0.25) is 0 Å². The summed E-state index contributed by atoms with van der Waals surface area (Å²) < 4.78 is 13.0. The lowest BCUT2D eigenvalue weighted by molar-refractivity contribution is 0.0204. The van der Waals surface area contributed by atoms with Crippen molar-refractivity contribution < 1.29 is 9.50 Å². The summed E-state index contributed by atoms with van der Waals surface area (Å²) in [5, 5.41) is 10.3. The van der Waals surface area contributed by atoms with E-state index in [1.807, 2.05) is 13.0 Å². The van der Waals surface area contributed by atoms with Crippen LogP contribution in [-0.2, 0) is 6.42 Å². The Morgan fingerprint density at radius 2 is 2.19 bits per heavy atom. The molecule has 2 rings (SSSR count). The Hall–Kier alpha value is -0.890. The molecule has 1 saturated carbocycles. The minimum atomic E-state index is -0.696. The van der Waals surface area contributed by atoms with Crippen LogP contribution in [0.1, 0.15) is 38.2 Å². The molecule has 1 aliphatic carbocycles. The zero-order chi connectivity index (χ0) is 11.6. The van der Waals surface area contributed by atoms with E-state index >= 15 is 0 Å². The lowest BCUT2D eigenvalue weighted by Gasteiger charge is -2.33. The smallest absolute Gasteiger partial charge is 0.123 e. The van der Waals surface area contributed by atoms with Crippen LogP contribution in [0.25, 0.3) is 0 Å². The number of hydrogen-bond donors (Lipinski definition) is 1. The Morgan fingerprint density at radius 3 is 2.75 bits per heavy atom. The van der Waals surface area contributed by atoms with Gasteiger partial charge in [0.15, 0.2) is 0 Å². The van der Waals surface area contributed by atoms with Crippen molar-refractivity contribution in [2.24, 2.45) is 5.92 Å². The van der Waals surface area contributed by atoms with Gasteiger partial charge in [0.1, 0.15) is 5.82 Å². The molecule has 1 atom stereocenters. The molecule has 1 N–H and O–H groups in total. The van der Waals surface area contributed by atoms with Crippen molar-refractivity contribution in [1.82, 2.24) is 0 Å². The molecule has 0 saturated heterocycles. The third-order valence-corrected chi connectivity index (χ3v) is 3.43. The Balaban J connectivity index is 1.96. The van der Waals surface area contributed by atoms with Gasteiger partial charge in [0, 0.05) is 6.42 Å². The topological polar surface area (TPSA) is 20.2 Å². The van der Waals surface area contributed by atoms with Gasteiger partial charge in [-0.3, -0.25) is 0 Å². The molecule has 1 unspecified atom stereocenters. The molecule has 1 aromatic rings. The Labute approximate surface area is 96.3 Å². The molecule has 1 aromatic carbocycles. The minimum Gasteiger partial charge on any atom is -0.390 e. The minimum absolute atomic E-state index is 0.225. The van der Waals surface area contributed by atoms with Gasteiger partial charge < -0.3 is 5.11 Å². The van der Waals surface area contributed by atoms with Crippen LogP contribution in [0.4, 0.5) is 4.39 Å². The van der Waals surface area contributed by atoms with Gasteiger partial charge in [-0.2, -0.15) is 0 Å². The lowest BCUT2D eigenvalue weighted by Crippen LogP contribution is -2.32. The van der Waals surface area contributed by atoms with Crippen LogP contribution >= 0.6 is 0 Å². The van der Waals surface area contributed by atoms with E-state index in [2.05, 4.69) is 0 Å². The summed E-state index contributed by atoms with van der Waals surface area (Å²) in [7, 11) is 0. The van der Waals surface area contributed by atoms with Crippen LogP contribution in [0.15, 0.2) is 24.3 Å². The predicted molar refractivity (Wildman–Crippen MR) is 62.7 cm³/mol. The molecule has 0 aliphatic heterocycles. The fraction of sp³-hybridized carbons (Fsp3) is 0.571. The molecule has 1 nitrogen and oxygen atoms in total. The molecule has 0 heterocycles. The van der Waals surface area contributed by atoms with Gasteiger partial charge in [-0.15, -0.1) is 0 Å². The van der Waals surface area contributed by atoms with E-state index in [4.69, 9.17) is 0 Å². The summed E-state index contributed by atoms with van der Waals surface area (Å²) in [6, 6.07) is 6.52. The average molecular weight is 222 g/mol. The monoisotopic (exact) mass is 222 g/mol. The van der Waals surface area contributed by atoms with Crippen LogP contribution < -0.4 is 0 Å². The Bertz CT molecular complexity index is 356. The summed E-state index contributed by atoms with van der Waals surface area (Å²) >= 11 is 0. The van der Waals surface area contributed by atoms with E-state index in [0.717, 1.165) is 12.0 Å². The molecular formula is C14H19FO. The van der Waals surface area contributed by atoms with E-state index in [-0.39, 0.29) is 5.82 Å². The fourth-order valence-corrected chi connectivity index (χ4v) is 2.48. The summed E-state index contributed by atoms with van der Waals surface area (Å²) in [5.41, 5.74) is 0.183. The van der Waals surface area contributed by atoms with Gasteiger partial charge in [-0.1, -0.05) is 31.4 Å². The number of hydrogen-bond acceptors (Lipinski definition) is 1. The summed E-state index contributed by atoms with van der Waals surface area (Å²) in [6.45, 7) is 1.86. The van der Waals surface area contributed by atoms with Crippen molar-refractivity contribution in [3.05, 3.63) is 35.6 Å². The SMILES string of the molecule is CC(O)(Cc1cccc(F)c1)CC1CCC1. The quantitative estimate of drug-likeness (QED) is 0.828. The second kappa shape index (κ2) is 4.54. The second-order valence-corrected chi connectivity index (χ2v) is 5.30. The van der Waals surface area contributed by atoms with Crippen molar-refractivity contribution >= 4 is 0 Å². The fourth-order valence-electron chi connectivity index (χ4n) is 2.48. The van der Waals surface area contributed by atoms with Crippen molar-refractivity contribution in [3.8, 4) is 0 Å². The summed E-state index contributed by atoms with van der Waals surface area (Å²) in [5.74, 6) is 0.445. The molecule has 1 aliphatic rings. The summed E-state index contributed by atoms with van der Waals surface area (Å²) in [4.78, 5) is 0. The highest BCUT2D eigenvalue weighted by Gasteiger charge is 2.29. The lowest BCUT2D eigenvalue weighted by atomic mass is 9.76. The average Bonchev–Trinajstić information content (AvgIpc) is 2.11. The predicted octanol–water partition coefficient (Wildman–Crippen LogP) is 3.31. The molecule has 16 heavy (non-hydrogen) atoms. The van der Waals surface area contributed by atoms with Crippen LogP contribution in [-0.4, -0.2) is 10.7 Å². The Morgan fingerprint density at radius 1 is 1.44 bits per heavy atom. The molecule has 0 spiro atoms. The van der Waals surface area contributed by atoms with Crippen LogP contribution in [0.3, 0.4) is 0 Å². The van der Waals surface area contributed by atoms with Crippen molar-refractivity contribution in [2.45, 2.75) is 44.6 Å². The first kappa shape index (κ1) is 11.6. The third-order valence-electron chi connectivity index (χ3n) is 3.43. The largest absolute Gasteiger partial charge is 0.390 e. The van der Waals surface area contributed by atoms with Gasteiger partial charge in [-0.25, -0.2) is 4.39 Å². The highest BCUT2D eigenvalue weighted by molar-refractivity contribution is 5.18. The molecule has 0 aromatic heterocycles. The van der Waals surface area contributed by atoms with E-state index < -0.39 is 5.60 Å². The molecule has 2 heteroatoms. The Kier molecular flexibility index (Phi) is 3.29. The van der Waals surface area contributed by atoms with Gasteiger partial charge in [-0.05, 0) is 37.0 Å². The standard InChI is InChI=1S/C14H19FO/c1-14(16,9-11-4-2-5-11)10-12-6-3-7-13(15)8-12/h3,6-8,11,16H,2,4-5,9-10H2,1H3. The van der Waals surface area contributed by atoms with Gasteiger partial charge in [0.05, 0.1) is 5.60 Å². The normalized spacial score (nSPS) is 20.2. The maximum absolute atomic E-state index is 13.0. The zero-order valence-corrected chi connectivity index (χ0v) is 9.75. The highest BCUT2D eigenvalue weighted by atomic mass is 19.1. The highest BCUT2D eigenvalue weighted by Crippen LogP contribution is 2.34. The third kappa shape index (κ3) is 3.05. The molecule has 88 valence electrons. The molecule has 0 bridgehead atoms. The van der Waals surface area contributed by atoms with Gasteiger partial charge >= 0.3 is 0 Å². The van der Waals surface area contributed by atoms with Crippen molar-refractivity contribution in [2.75, 3.05) is 0 Å². The number of halogens is 1. The van der Waals surface area contributed by atoms with Crippen molar-refractivity contribution in [1.29, 1.82) is 0 Å². The molecular weight excluding hydrogens is 203 g/mol. The van der Waals surface area contributed by atoms with E-state index in [0.29, 0.717) is 12.3 Å². The van der Waals surface area contributed by atoms with Crippen molar-refractivity contribution in [3.63, 3.8) is 0 Å². The maximum Gasteiger partial charge on any atom is 0.123 e. The first-order chi connectivity index (χ1) is 7.55. The van der Waals surface area contributed by atoms with Crippen LogP contribution in [0.5, 0.6) is 0 Å². The number of benzene rings is 1. The summed E-state index contributed by atoms with van der Waals surface area (Å²) in [6.07, 6.45) is 5.14. The van der Waals surface area contributed by atoms with E-state index in [9.17, 15) is 9.50 Å². The number of rotatable bonds is 4. The molecule has 0 amide bonds. The first-order valence-electron chi connectivity index (χ1n) is 6.02. The van der Waals surface area contributed by atoms with Crippen LogP contribution in [0.2, 0.25) is 0 Å². The zero-order valence-electron chi connectivity index (χ0n) is 9.75. The molecule has 0 radical (unpaired) electrons. The molecule has 1 fully saturated rings. The second-order valence-electron chi connectivity index (χ2n) is 5.30. The first-order valence-corrected chi connectivity index (χ1v) is 6.02. The maximum atomic E-state index is 13.0.